The molecular formula is C16H23N3O. The largest absolute Gasteiger partial charge is 0.497 e. The fourth-order valence-corrected chi connectivity index (χ4v) is 2.74. The summed E-state index contributed by atoms with van der Waals surface area (Å²) in [5.41, 5.74) is 2.29. The summed E-state index contributed by atoms with van der Waals surface area (Å²) in [5.74, 6) is 2.51. The molecule has 1 heterocycles. The summed E-state index contributed by atoms with van der Waals surface area (Å²) in [4.78, 5) is 4.88. The second-order valence-electron chi connectivity index (χ2n) is 5.63. The molecule has 1 saturated carbocycles. The Morgan fingerprint density at radius 2 is 2.25 bits per heavy atom. The van der Waals surface area contributed by atoms with Gasteiger partial charge in [-0.1, -0.05) is 13.8 Å². The van der Waals surface area contributed by atoms with Crippen LogP contribution in [0.15, 0.2) is 18.2 Å². The van der Waals surface area contributed by atoms with Gasteiger partial charge in [0.05, 0.1) is 18.1 Å². The Morgan fingerprint density at radius 1 is 1.45 bits per heavy atom. The van der Waals surface area contributed by atoms with Crippen molar-refractivity contribution in [2.24, 2.45) is 0 Å². The number of methoxy groups -OCH3 is 1. The molecule has 0 aliphatic heterocycles. The Bertz CT molecular complexity index is 601. The number of nitrogens with one attached hydrogen (secondary N) is 1. The molecule has 1 aromatic heterocycles. The molecule has 0 saturated heterocycles. The molecule has 1 N–H and O–H groups in total. The Labute approximate surface area is 120 Å². The molecule has 0 bridgehead atoms. The number of hydrogen-bond donors (Lipinski definition) is 1. The van der Waals surface area contributed by atoms with E-state index < -0.39 is 0 Å². The molecule has 1 aliphatic rings. The summed E-state index contributed by atoms with van der Waals surface area (Å²) >= 11 is 0. The molecule has 1 aliphatic carbocycles. The van der Waals surface area contributed by atoms with Crippen LogP contribution in [0.3, 0.4) is 0 Å². The van der Waals surface area contributed by atoms with Crippen molar-refractivity contribution in [2.45, 2.75) is 38.6 Å². The van der Waals surface area contributed by atoms with E-state index in [1.807, 2.05) is 12.1 Å². The first-order chi connectivity index (χ1) is 9.74. The normalized spacial score (nSPS) is 16.6. The van der Waals surface area contributed by atoms with Crippen molar-refractivity contribution in [2.75, 3.05) is 20.2 Å². The average molecular weight is 273 g/mol. The van der Waals surface area contributed by atoms with E-state index in [2.05, 4.69) is 29.8 Å². The Balaban J connectivity index is 2.03. The minimum absolute atomic E-state index is 0.425. The first-order valence-electron chi connectivity index (χ1n) is 7.51. The van der Waals surface area contributed by atoms with E-state index in [4.69, 9.17) is 9.72 Å². The highest BCUT2D eigenvalue weighted by atomic mass is 16.5. The van der Waals surface area contributed by atoms with Crippen molar-refractivity contribution in [3.63, 3.8) is 0 Å². The summed E-state index contributed by atoms with van der Waals surface area (Å²) in [7, 11) is 1.70. The van der Waals surface area contributed by atoms with E-state index in [0.29, 0.717) is 12.0 Å². The number of ether oxygens (including phenoxy) is 1. The average Bonchev–Trinajstić information content (AvgIpc) is 3.24. The smallest absolute Gasteiger partial charge is 0.121 e. The standard InChI is InChI=1S/C16H23N3O/c1-4-17-10-11(2)16-18-14-9-13(20-3)7-8-15(14)19(16)12-5-6-12/h7-9,11-12,17H,4-6,10H2,1-3H3. The van der Waals surface area contributed by atoms with Gasteiger partial charge in [-0.2, -0.15) is 0 Å². The van der Waals surface area contributed by atoms with Crippen molar-refractivity contribution in [3.05, 3.63) is 24.0 Å². The molecule has 0 amide bonds. The lowest BCUT2D eigenvalue weighted by molar-refractivity contribution is 0.415. The highest BCUT2D eigenvalue weighted by Crippen LogP contribution is 2.40. The maximum Gasteiger partial charge on any atom is 0.121 e. The van der Waals surface area contributed by atoms with E-state index >= 15 is 0 Å². The first-order valence-corrected chi connectivity index (χ1v) is 7.51. The summed E-state index contributed by atoms with van der Waals surface area (Å²) in [5, 5.41) is 3.42. The van der Waals surface area contributed by atoms with Crippen LogP contribution >= 0.6 is 0 Å². The molecule has 0 spiro atoms. The lowest BCUT2D eigenvalue weighted by Crippen LogP contribution is -2.21. The van der Waals surface area contributed by atoms with E-state index in [9.17, 15) is 0 Å². The Morgan fingerprint density at radius 3 is 2.90 bits per heavy atom. The van der Waals surface area contributed by atoms with Gasteiger partial charge in [0.15, 0.2) is 0 Å². The van der Waals surface area contributed by atoms with E-state index in [1.165, 1.54) is 24.2 Å². The quantitative estimate of drug-likeness (QED) is 0.879. The molecule has 4 nitrogen and oxygen atoms in total. The third-order valence-electron chi connectivity index (χ3n) is 3.98. The lowest BCUT2D eigenvalue weighted by Gasteiger charge is -2.14. The second-order valence-corrected chi connectivity index (χ2v) is 5.63. The van der Waals surface area contributed by atoms with Gasteiger partial charge in [0.25, 0.3) is 0 Å². The number of hydrogen-bond acceptors (Lipinski definition) is 3. The molecule has 2 aromatic rings. The van der Waals surface area contributed by atoms with Gasteiger partial charge in [-0.05, 0) is 31.5 Å². The topological polar surface area (TPSA) is 39.1 Å². The molecule has 108 valence electrons. The van der Waals surface area contributed by atoms with Gasteiger partial charge in [-0.25, -0.2) is 4.98 Å². The van der Waals surface area contributed by atoms with Crippen LogP contribution in [0.4, 0.5) is 0 Å². The fraction of sp³-hybridized carbons (Fsp3) is 0.562. The molecule has 4 heteroatoms. The molecule has 20 heavy (non-hydrogen) atoms. The van der Waals surface area contributed by atoms with E-state index in [0.717, 1.165) is 24.4 Å². The van der Waals surface area contributed by atoms with Crippen molar-refractivity contribution < 1.29 is 4.74 Å². The van der Waals surface area contributed by atoms with Crippen LogP contribution in [0, 0.1) is 0 Å². The van der Waals surface area contributed by atoms with Crippen LogP contribution < -0.4 is 10.1 Å². The van der Waals surface area contributed by atoms with Crippen LogP contribution in [0.5, 0.6) is 5.75 Å². The number of rotatable bonds is 6. The molecule has 1 fully saturated rings. The number of nitrogens with zero attached hydrogens (tertiary/aromatic N) is 2. The van der Waals surface area contributed by atoms with Crippen LogP contribution in [0.1, 0.15) is 44.5 Å². The number of aromatic nitrogens is 2. The van der Waals surface area contributed by atoms with Gasteiger partial charge in [-0.3, -0.25) is 0 Å². The number of imidazole rings is 1. The fourth-order valence-electron chi connectivity index (χ4n) is 2.74. The maximum absolute atomic E-state index is 5.31. The zero-order chi connectivity index (χ0) is 14.1. The van der Waals surface area contributed by atoms with Crippen molar-refractivity contribution in [3.8, 4) is 5.75 Å². The van der Waals surface area contributed by atoms with Gasteiger partial charge < -0.3 is 14.6 Å². The SMILES string of the molecule is CCNCC(C)c1nc2cc(OC)ccc2n1C1CC1. The van der Waals surface area contributed by atoms with Gasteiger partial charge in [0.1, 0.15) is 11.6 Å². The molecule has 1 atom stereocenters. The summed E-state index contributed by atoms with van der Waals surface area (Å²) < 4.78 is 7.75. The predicted octanol–water partition coefficient (Wildman–Crippen LogP) is 3.09. The summed E-state index contributed by atoms with van der Waals surface area (Å²) in [6, 6.07) is 6.86. The monoisotopic (exact) mass is 273 g/mol. The van der Waals surface area contributed by atoms with Gasteiger partial charge in [0.2, 0.25) is 0 Å². The van der Waals surface area contributed by atoms with Crippen molar-refractivity contribution in [1.29, 1.82) is 0 Å². The minimum atomic E-state index is 0.425. The number of likely N-dealkylation sites (N-methyl/N-ethyl adjacent to an activating group) is 1. The summed E-state index contributed by atoms with van der Waals surface area (Å²) in [6.07, 6.45) is 2.55. The molecular weight excluding hydrogens is 250 g/mol. The third-order valence-corrected chi connectivity index (χ3v) is 3.98. The van der Waals surface area contributed by atoms with Gasteiger partial charge in [-0.15, -0.1) is 0 Å². The van der Waals surface area contributed by atoms with Gasteiger partial charge >= 0.3 is 0 Å². The molecule has 1 unspecified atom stereocenters. The van der Waals surface area contributed by atoms with E-state index in [1.54, 1.807) is 7.11 Å². The molecule has 3 rings (SSSR count). The molecule has 0 radical (unpaired) electrons. The Hall–Kier alpha value is -1.55. The van der Waals surface area contributed by atoms with Crippen LogP contribution in [-0.4, -0.2) is 29.8 Å². The highest BCUT2D eigenvalue weighted by Gasteiger charge is 2.29. The lowest BCUT2D eigenvalue weighted by atomic mass is 10.1. The van der Waals surface area contributed by atoms with Crippen LogP contribution in [-0.2, 0) is 0 Å². The van der Waals surface area contributed by atoms with Crippen LogP contribution in [0.2, 0.25) is 0 Å². The van der Waals surface area contributed by atoms with Crippen molar-refractivity contribution in [1.82, 2.24) is 14.9 Å². The molecule has 1 aromatic carbocycles. The summed E-state index contributed by atoms with van der Waals surface area (Å²) in [6.45, 7) is 6.37. The van der Waals surface area contributed by atoms with E-state index in [-0.39, 0.29) is 0 Å². The highest BCUT2D eigenvalue weighted by molar-refractivity contribution is 5.78. The predicted molar refractivity (Wildman–Crippen MR) is 81.5 cm³/mol. The van der Waals surface area contributed by atoms with Gasteiger partial charge in [0, 0.05) is 24.6 Å². The van der Waals surface area contributed by atoms with Crippen LogP contribution in [0.25, 0.3) is 11.0 Å². The Kier molecular flexibility index (Phi) is 3.66. The minimum Gasteiger partial charge on any atom is -0.497 e. The first kappa shape index (κ1) is 13.4. The number of benzene rings is 1. The number of fused-ring (bicyclic) bond motifs is 1. The second kappa shape index (κ2) is 5.44. The third kappa shape index (κ3) is 2.40. The zero-order valence-electron chi connectivity index (χ0n) is 12.5. The van der Waals surface area contributed by atoms with Crippen molar-refractivity contribution >= 4 is 11.0 Å². The zero-order valence-corrected chi connectivity index (χ0v) is 12.5. The maximum atomic E-state index is 5.31.